The molecule has 5 aromatic carbocycles. The molecule has 3 nitrogen and oxygen atoms in total. The number of hydrogen-bond acceptors (Lipinski definition) is 3. The Kier molecular flexibility index (Phi) is 6.08. The van der Waals surface area contributed by atoms with Gasteiger partial charge >= 0.3 is 0 Å². The molecule has 51 heavy (non-hydrogen) atoms. The van der Waals surface area contributed by atoms with E-state index >= 15 is 0 Å². The average molecular weight is 668 g/mol. The molecule has 4 heteroatoms. The molecule has 0 amide bonds. The maximum Gasteiger partial charge on any atom is 0.252 e. The van der Waals surface area contributed by atoms with E-state index in [0.29, 0.717) is 0 Å². The highest BCUT2D eigenvalue weighted by Gasteiger charge is 2.63. The predicted octanol–water partition coefficient (Wildman–Crippen LogP) is 10.2. The van der Waals surface area contributed by atoms with E-state index in [2.05, 4.69) is 168 Å². The summed E-state index contributed by atoms with van der Waals surface area (Å²) in [4.78, 5) is 8.20. The molecule has 5 aromatic rings. The highest BCUT2D eigenvalue weighted by molar-refractivity contribution is 7.00. The van der Waals surface area contributed by atoms with Crippen molar-refractivity contribution in [1.29, 1.82) is 0 Å². The fourth-order valence-corrected chi connectivity index (χ4v) is 11.4. The molecular formula is C47H50BN3. The van der Waals surface area contributed by atoms with Crippen LogP contribution in [0.1, 0.15) is 95.0 Å². The number of fused-ring (bicyclic) bond motifs is 7. The number of para-hydroxylation sites is 3. The zero-order valence-electron chi connectivity index (χ0n) is 31.9. The maximum atomic E-state index is 2.88. The van der Waals surface area contributed by atoms with Crippen molar-refractivity contribution < 1.29 is 0 Å². The van der Waals surface area contributed by atoms with Crippen LogP contribution < -0.4 is 31.1 Å². The summed E-state index contributed by atoms with van der Waals surface area (Å²) in [5.41, 5.74) is 20.7. The quantitative estimate of drug-likeness (QED) is 0.177. The minimum Gasteiger partial charge on any atom is -0.335 e. The molecule has 2 unspecified atom stereocenters. The molecule has 10 rings (SSSR count). The Bertz CT molecular complexity index is 2290. The van der Waals surface area contributed by atoms with Crippen LogP contribution in [0.4, 0.5) is 39.8 Å². The molecule has 0 bridgehead atoms. The van der Waals surface area contributed by atoms with E-state index in [4.69, 9.17) is 0 Å². The van der Waals surface area contributed by atoms with Crippen LogP contribution in [0.15, 0.2) is 91.0 Å². The van der Waals surface area contributed by atoms with Crippen molar-refractivity contribution in [2.24, 2.45) is 0 Å². The van der Waals surface area contributed by atoms with Gasteiger partial charge in [0.1, 0.15) is 0 Å². The van der Waals surface area contributed by atoms with Gasteiger partial charge < -0.3 is 14.7 Å². The van der Waals surface area contributed by atoms with E-state index in [0.717, 1.165) is 0 Å². The molecule has 4 aliphatic heterocycles. The fourth-order valence-electron chi connectivity index (χ4n) is 11.4. The molecule has 4 heterocycles. The Balaban J connectivity index is 1.37. The maximum absolute atomic E-state index is 2.88. The fraction of sp³-hybridized carbons (Fsp3) is 0.362. The van der Waals surface area contributed by atoms with Crippen molar-refractivity contribution in [1.82, 2.24) is 0 Å². The van der Waals surface area contributed by atoms with Crippen LogP contribution in [-0.2, 0) is 10.8 Å². The molecule has 0 N–H and O–H groups in total. The van der Waals surface area contributed by atoms with Gasteiger partial charge in [0, 0.05) is 50.5 Å². The van der Waals surface area contributed by atoms with Gasteiger partial charge in [-0.25, -0.2) is 0 Å². The van der Waals surface area contributed by atoms with Crippen molar-refractivity contribution in [2.45, 2.75) is 110 Å². The lowest BCUT2D eigenvalue weighted by Gasteiger charge is -2.53. The Morgan fingerprint density at radius 2 is 1.22 bits per heavy atom. The Morgan fingerprint density at radius 3 is 1.88 bits per heavy atom. The van der Waals surface area contributed by atoms with Crippen molar-refractivity contribution in [3.05, 3.63) is 119 Å². The molecule has 1 saturated carbocycles. The van der Waals surface area contributed by atoms with Gasteiger partial charge in [0.05, 0.1) is 11.2 Å². The Morgan fingerprint density at radius 1 is 0.608 bits per heavy atom. The van der Waals surface area contributed by atoms with Crippen LogP contribution in [0.2, 0.25) is 0 Å². The molecule has 0 saturated heterocycles. The van der Waals surface area contributed by atoms with Crippen LogP contribution in [0.3, 0.4) is 0 Å². The molecule has 256 valence electrons. The van der Waals surface area contributed by atoms with Gasteiger partial charge in [-0.2, -0.15) is 0 Å². The summed E-state index contributed by atoms with van der Waals surface area (Å²) < 4.78 is 0. The van der Waals surface area contributed by atoms with E-state index in [9.17, 15) is 0 Å². The predicted molar refractivity (Wildman–Crippen MR) is 218 cm³/mol. The summed E-state index contributed by atoms with van der Waals surface area (Å²) in [6.45, 7) is 22.1. The van der Waals surface area contributed by atoms with Gasteiger partial charge in [-0.1, -0.05) is 106 Å². The Labute approximate surface area is 305 Å². The Hall–Kier alpha value is -4.44. The second-order valence-electron chi connectivity index (χ2n) is 17.9. The van der Waals surface area contributed by atoms with E-state index in [1.165, 1.54) is 104 Å². The van der Waals surface area contributed by atoms with Crippen molar-refractivity contribution in [3.63, 3.8) is 0 Å². The number of nitrogens with zero attached hydrogens (tertiary/aromatic N) is 3. The summed E-state index contributed by atoms with van der Waals surface area (Å²) in [6.07, 6.45) is 4.99. The van der Waals surface area contributed by atoms with Gasteiger partial charge in [0.15, 0.2) is 0 Å². The molecular weight excluding hydrogens is 617 g/mol. The second-order valence-corrected chi connectivity index (χ2v) is 17.9. The third-order valence-electron chi connectivity index (χ3n) is 14.9. The van der Waals surface area contributed by atoms with Crippen molar-refractivity contribution in [3.8, 4) is 0 Å². The van der Waals surface area contributed by atoms with E-state index < -0.39 is 0 Å². The van der Waals surface area contributed by atoms with Crippen molar-refractivity contribution in [2.75, 3.05) is 14.7 Å². The van der Waals surface area contributed by atoms with Crippen LogP contribution >= 0.6 is 0 Å². The van der Waals surface area contributed by atoms with Gasteiger partial charge in [-0.15, -0.1) is 0 Å². The lowest BCUT2D eigenvalue weighted by atomic mass is 9.33. The molecule has 0 radical (unpaired) electrons. The normalized spacial score (nSPS) is 23.8. The topological polar surface area (TPSA) is 9.72 Å². The van der Waals surface area contributed by atoms with Crippen molar-refractivity contribution >= 4 is 62.9 Å². The monoisotopic (exact) mass is 667 g/mol. The number of aryl methyl sites for hydroxylation is 3. The van der Waals surface area contributed by atoms with Gasteiger partial charge in [0.25, 0.3) is 6.71 Å². The van der Waals surface area contributed by atoms with E-state index in [-0.39, 0.29) is 28.6 Å². The summed E-state index contributed by atoms with van der Waals surface area (Å²) in [5, 5.41) is 0. The molecule has 0 spiro atoms. The SMILES string of the molecule is Cc1cc2c3c(c1)C1(C)CCCCC1(C)N3c1cc(N(c3ccccc3C)c3ccccc3C)cc3c1B2c1cccc2c1N3C(C)(C)C2(C)C. The van der Waals surface area contributed by atoms with Crippen LogP contribution in [0.25, 0.3) is 0 Å². The zero-order valence-corrected chi connectivity index (χ0v) is 31.9. The second kappa shape index (κ2) is 9.91. The molecule has 5 aliphatic rings. The molecule has 1 fully saturated rings. The first-order valence-electron chi connectivity index (χ1n) is 19.3. The smallest absolute Gasteiger partial charge is 0.252 e. The minimum atomic E-state index is -0.148. The number of anilines is 7. The number of hydrogen-bond donors (Lipinski definition) is 0. The minimum absolute atomic E-state index is 0.0223. The van der Waals surface area contributed by atoms with Crippen LogP contribution in [0.5, 0.6) is 0 Å². The standard InChI is InChI=1S/C47H50BN3/c1-29-25-34-43-36(26-29)48-35-20-16-19-33-42(35)50(45(6,7)44(33,4)5)39-27-32(28-40(41(39)48)51(43)47(9)24-15-14-23-46(34,47)8)49(37-21-12-10-17-30(37)2)38-22-13-11-18-31(38)3/h10-13,16-22,25-28H,14-15,23-24H2,1-9H3. The first-order chi connectivity index (χ1) is 24.3. The summed E-state index contributed by atoms with van der Waals surface area (Å²) in [7, 11) is 0. The third kappa shape index (κ3) is 3.62. The average Bonchev–Trinajstić information content (AvgIpc) is 3.40. The molecule has 0 aromatic heterocycles. The zero-order chi connectivity index (χ0) is 35.4. The van der Waals surface area contributed by atoms with Gasteiger partial charge in [-0.05, 0) is 117 Å². The largest absolute Gasteiger partial charge is 0.335 e. The summed E-state index contributed by atoms with van der Waals surface area (Å²) in [6, 6.07) is 35.3. The van der Waals surface area contributed by atoms with Crippen LogP contribution in [0, 0.1) is 20.8 Å². The van der Waals surface area contributed by atoms with Gasteiger partial charge in [-0.3, -0.25) is 0 Å². The first-order valence-corrected chi connectivity index (χ1v) is 19.3. The highest BCUT2D eigenvalue weighted by Crippen LogP contribution is 2.63. The summed E-state index contributed by atoms with van der Waals surface area (Å²) in [5.74, 6) is 0. The van der Waals surface area contributed by atoms with E-state index in [1.807, 2.05) is 0 Å². The number of benzene rings is 5. The van der Waals surface area contributed by atoms with Gasteiger partial charge in [0.2, 0.25) is 0 Å². The first kappa shape index (κ1) is 31.3. The van der Waals surface area contributed by atoms with E-state index in [1.54, 1.807) is 5.56 Å². The molecule has 1 aliphatic carbocycles. The highest BCUT2D eigenvalue weighted by atomic mass is 15.3. The lowest BCUT2D eigenvalue weighted by Crippen LogP contribution is -2.66. The number of rotatable bonds is 3. The van der Waals surface area contributed by atoms with Crippen LogP contribution in [-0.4, -0.2) is 17.8 Å². The summed E-state index contributed by atoms with van der Waals surface area (Å²) >= 11 is 0. The third-order valence-corrected chi connectivity index (χ3v) is 14.9. The lowest BCUT2D eigenvalue weighted by molar-refractivity contribution is 0.195. The molecule has 2 atom stereocenters.